The van der Waals surface area contributed by atoms with E-state index in [-0.39, 0.29) is 0 Å². The molecule has 0 aliphatic heterocycles. The summed E-state index contributed by atoms with van der Waals surface area (Å²) in [6.07, 6.45) is 1.62. The lowest BCUT2D eigenvalue weighted by atomic mass is 10.1. The summed E-state index contributed by atoms with van der Waals surface area (Å²) in [7, 11) is 0. The van der Waals surface area contributed by atoms with Gasteiger partial charge in [-0.1, -0.05) is 35.5 Å². The minimum atomic E-state index is 0.712. The Morgan fingerprint density at radius 3 is 2.50 bits per heavy atom. The van der Waals surface area contributed by atoms with Crippen molar-refractivity contribution in [1.29, 1.82) is 0 Å². The minimum Gasteiger partial charge on any atom is -0.463 e. The van der Waals surface area contributed by atoms with Gasteiger partial charge in [0.05, 0.1) is 6.26 Å². The molecule has 0 atom stereocenters. The highest BCUT2D eigenvalue weighted by Crippen LogP contribution is 2.25. The summed E-state index contributed by atoms with van der Waals surface area (Å²) in [5.41, 5.74) is 1.72. The fourth-order valence-corrected chi connectivity index (χ4v) is 1.55. The van der Waals surface area contributed by atoms with Gasteiger partial charge in [0.1, 0.15) is 5.69 Å². The van der Waals surface area contributed by atoms with Gasteiger partial charge in [-0.2, -0.15) is 0 Å². The molecule has 78 valence electrons. The first-order valence-electron chi connectivity index (χ1n) is 4.99. The molecule has 0 radical (unpaired) electrons. The molecule has 3 heteroatoms. The topological polar surface area (TPSA) is 39.2 Å². The van der Waals surface area contributed by atoms with Crippen molar-refractivity contribution in [2.24, 2.45) is 0 Å². The Bertz CT molecular complexity index is 567. The van der Waals surface area contributed by atoms with Crippen LogP contribution in [-0.2, 0) is 0 Å². The van der Waals surface area contributed by atoms with Crippen LogP contribution in [0.3, 0.4) is 0 Å². The number of hydrogen-bond acceptors (Lipinski definition) is 3. The quantitative estimate of drug-likeness (QED) is 0.650. The van der Waals surface area contributed by atoms with Gasteiger partial charge in [0, 0.05) is 11.6 Å². The molecule has 0 aliphatic rings. The van der Waals surface area contributed by atoms with E-state index in [1.807, 2.05) is 48.5 Å². The number of nitrogens with zero attached hydrogens (tertiary/aromatic N) is 1. The fraction of sp³-hybridized carbons (Fsp3) is 0. The normalized spacial score (nSPS) is 10.5. The Balaban J connectivity index is 2.00. The second kappa shape index (κ2) is 3.70. The molecule has 16 heavy (non-hydrogen) atoms. The average molecular weight is 211 g/mol. The fourth-order valence-electron chi connectivity index (χ4n) is 1.55. The summed E-state index contributed by atoms with van der Waals surface area (Å²) >= 11 is 0. The van der Waals surface area contributed by atoms with Gasteiger partial charge in [0.25, 0.3) is 0 Å². The highest BCUT2D eigenvalue weighted by molar-refractivity contribution is 5.63. The summed E-state index contributed by atoms with van der Waals surface area (Å²) < 4.78 is 10.5. The van der Waals surface area contributed by atoms with Crippen LogP contribution in [0.2, 0.25) is 0 Å². The van der Waals surface area contributed by atoms with Crippen LogP contribution < -0.4 is 0 Å². The molecule has 3 rings (SSSR count). The summed E-state index contributed by atoms with van der Waals surface area (Å²) in [4.78, 5) is 0. The van der Waals surface area contributed by atoms with Crippen molar-refractivity contribution in [3.8, 4) is 22.8 Å². The summed E-state index contributed by atoms with van der Waals surface area (Å²) in [5.74, 6) is 1.46. The van der Waals surface area contributed by atoms with E-state index in [1.54, 1.807) is 6.26 Å². The zero-order valence-electron chi connectivity index (χ0n) is 8.46. The number of furan rings is 1. The molecular formula is C13H9NO2. The predicted octanol–water partition coefficient (Wildman–Crippen LogP) is 3.60. The van der Waals surface area contributed by atoms with Crippen molar-refractivity contribution in [3.05, 3.63) is 54.8 Å². The van der Waals surface area contributed by atoms with Gasteiger partial charge in [0.15, 0.2) is 11.5 Å². The average Bonchev–Trinajstić information content (AvgIpc) is 3.01. The molecule has 0 unspecified atom stereocenters. The number of rotatable bonds is 2. The first kappa shape index (κ1) is 8.97. The van der Waals surface area contributed by atoms with Gasteiger partial charge >= 0.3 is 0 Å². The molecular weight excluding hydrogens is 202 g/mol. The Labute approximate surface area is 92.3 Å². The largest absolute Gasteiger partial charge is 0.463 e. The van der Waals surface area contributed by atoms with E-state index in [2.05, 4.69) is 5.16 Å². The third-order valence-corrected chi connectivity index (χ3v) is 2.34. The standard InChI is InChI=1S/C13H9NO2/c1-2-5-10(6-3-1)13-9-11(14-16-13)12-7-4-8-15-12/h1-9H. The Kier molecular flexibility index (Phi) is 2.07. The molecule has 2 aromatic heterocycles. The Hall–Kier alpha value is -2.29. The molecule has 3 aromatic rings. The van der Waals surface area contributed by atoms with Crippen molar-refractivity contribution in [2.45, 2.75) is 0 Å². The van der Waals surface area contributed by atoms with Crippen LogP contribution >= 0.6 is 0 Å². The van der Waals surface area contributed by atoms with E-state index >= 15 is 0 Å². The van der Waals surface area contributed by atoms with Crippen molar-refractivity contribution in [3.63, 3.8) is 0 Å². The van der Waals surface area contributed by atoms with Crippen LogP contribution in [0.15, 0.2) is 63.7 Å². The molecule has 0 aliphatic carbocycles. The van der Waals surface area contributed by atoms with Crippen LogP contribution in [0.4, 0.5) is 0 Å². The zero-order chi connectivity index (χ0) is 10.8. The second-order valence-electron chi connectivity index (χ2n) is 3.42. The van der Waals surface area contributed by atoms with Crippen LogP contribution in [0.1, 0.15) is 0 Å². The molecule has 0 N–H and O–H groups in total. The van der Waals surface area contributed by atoms with Crippen molar-refractivity contribution < 1.29 is 8.94 Å². The first-order valence-corrected chi connectivity index (χ1v) is 4.99. The number of benzene rings is 1. The maximum atomic E-state index is 5.26. The van der Waals surface area contributed by atoms with Crippen molar-refractivity contribution in [1.82, 2.24) is 5.16 Å². The molecule has 0 saturated heterocycles. The lowest BCUT2D eigenvalue weighted by Gasteiger charge is -1.91. The van der Waals surface area contributed by atoms with Crippen LogP contribution in [-0.4, -0.2) is 5.16 Å². The van der Waals surface area contributed by atoms with Crippen LogP contribution in [0.25, 0.3) is 22.8 Å². The maximum Gasteiger partial charge on any atom is 0.167 e. The lowest BCUT2D eigenvalue weighted by Crippen LogP contribution is -1.70. The van der Waals surface area contributed by atoms with Crippen molar-refractivity contribution in [2.75, 3.05) is 0 Å². The van der Waals surface area contributed by atoms with E-state index in [9.17, 15) is 0 Å². The van der Waals surface area contributed by atoms with E-state index in [1.165, 1.54) is 0 Å². The molecule has 0 spiro atoms. The molecule has 0 fully saturated rings. The Morgan fingerprint density at radius 2 is 1.75 bits per heavy atom. The van der Waals surface area contributed by atoms with Gasteiger partial charge < -0.3 is 8.94 Å². The highest BCUT2D eigenvalue weighted by Gasteiger charge is 2.09. The Morgan fingerprint density at radius 1 is 0.875 bits per heavy atom. The van der Waals surface area contributed by atoms with E-state index < -0.39 is 0 Å². The van der Waals surface area contributed by atoms with Gasteiger partial charge in [-0.15, -0.1) is 0 Å². The molecule has 3 nitrogen and oxygen atoms in total. The summed E-state index contributed by atoms with van der Waals surface area (Å²) in [6.45, 7) is 0. The minimum absolute atomic E-state index is 0.712. The second-order valence-corrected chi connectivity index (χ2v) is 3.42. The number of aromatic nitrogens is 1. The molecule has 0 bridgehead atoms. The lowest BCUT2D eigenvalue weighted by molar-refractivity contribution is 0.431. The monoisotopic (exact) mass is 211 g/mol. The number of hydrogen-bond donors (Lipinski definition) is 0. The zero-order valence-corrected chi connectivity index (χ0v) is 8.46. The maximum absolute atomic E-state index is 5.26. The molecule has 1 aromatic carbocycles. The van der Waals surface area contributed by atoms with E-state index in [0.717, 1.165) is 11.3 Å². The summed E-state index contributed by atoms with van der Waals surface area (Å²) in [5, 5.41) is 3.97. The first-order chi connectivity index (χ1) is 7.93. The van der Waals surface area contributed by atoms with Gasteiger partial charge in [-0.3, -0.25) is 0 Å². The summed E-state index contributed by atoms with van der Waals surface area (Å²) in [6, 6.07) is 15.4. The van der Waals surface area contributed by atoms with E-state index in [0.29, 0.717) is 11.5 Å². The molecule has 0 amide bonds. The van der Waals surface area contributed by atoms with Crippen LogP contribution in [0, 0.1) is 0 Å². The smallest absolute Gasteiger partial charge is 0.167 e. The third-order valence-electron chi connectivity index (χ3n) is 2.34. The predicted molar refractivity (Wildman–Crippen MR) is 59.6 cm³/mol. The molecule has 0 saturated carbocycles. The van der Waals surface area contributed by atoms with Crippen LogP contribution in [0.5, 0.6) is 0 Å². The van der Waals surface area contributed by atoms with Gasteiger partial charge in [-0.05, 0) is 12.1 Å². The third kappa shape index (κ3) is 1.52. The molecule has 2 heterocycles. The van der Waals surface area contributed by atoms with Gasteiger partial charge in [0.2, 0.25) is 0 Å². The van der Waals surface area contributed by atoms with Crippen molar-refractivity contribution >= 4 is 0 Å². The highest BCUT2D eigenvalue weighted by atomic mass is 16.5. The van der Waals surface area contributed by atoms with E-state index in [4.69, 9.17) is 8.94 Å². The van der Waals surface area contributed by atoms with Gasteiger partial charge in [-0.25, -0.2) is 0 Å². The SMILES string of the molecule is c1ccc(-c2cc(-c3ccco3)no2)cc1.